The molecule has 19 heavy (non-hydrogen) atoms. The van der Waals surface area contributed by atoms with Crippen molar-refractivity contribution in [2.75, 3.05) is 7.11 Å². The summed E-state index contributed by atoms with van der Waals surface area (Å²) in [6.45, 7) is 7.95. The van der Waals surface area contributed by atoms with Gasteiger partial charge in [0.25, 0.3) is 0 Å². The van der Waals surface area contributed by atoms with E-state index < -0.39 is 0 Å². The van der Waals surface area contributed by atoms with Gasteiger partial charge in [0, 0.05) is 6.42 Å². The van der Waals surface area contributed by atoms with Crippen molar-refractivity contribution in [3.63, 3.8) is 0 Å². The van der Waals surface area contributed by atoms with Crippen LogP contribution in [-0.2, 0) is 11.2 Å². The van der Waals surface area contributed by atoms with Gasteiger partial charge < -0.3 is 9.15 Å². The van der Waals surface area contributed by atoms with Crippen molar-refractivity contribution < 1.29 is 13.9 Å². The lowest BCUT2D eigenvalue weighted by atomic mass is 9.99. The molecule has 0 aliphatic heterocycles. The molecule has 1 aromatic rings. The first-order valence-electron chi connectivity index (χ1n) is 6.51. The second-order valence-electron chi connectivity index (χ2n) is 4.83. The van der Waals surface area contributed by atoms with Gasteiger partial charge in [-0.25, -0.2) is 4.79 Å². The van der Waals surface area contributed by atoms with E-state index in [0.717, 1.165) is 25.0 Å². The lowest BCUT2D eigenvalue weighted by Crippen LogP contribution is -2.00. The molecular formula is C16H22O3. The topological polar surface area (TPSA) is 39.4 Å². The number of methoxy groups -OCH3 is 1. The number of esters is 1. The highest BCUT2D eigenvalue weighted by Gasteiger charge is 2.12. The Bertz CT molecular complexity index is 454. The summed E-state index contributed by atoms with van der Waals surface area (Å²) in [7, 11) is 1.37. The predicted molar refractivity (Wildman–Crippen MR) is 76.1 cm³/mol. The predicted octanol–water partition coefficient (Wildman–Crippen LogP) is 4.16. The Morgan fingerprint density at radius 1 is 1.58 bits per heavy atom. The number of hydrogen-bond donors (Lipinski definition) is 0. The van der Waals surface area contributed by atoms with Crippen molar-refractivity contribution in [2.45, 2.75) is 33.1 Å². The Morgan fingerprint density at radius 3 is 2.95 bits per heavy atom. The van der Waals surface area contributed by atoms with Crippen LogP contribution in [0.15, 0.2) is 41.1 Å². The van der Waals surface area contributed by atoms with Crippen molar-refractivity contribution in [1.29, 1.82) is 0 Å². The highest BCUT2D eigenvalue weighted by atomic mass is 16.5. The van der Waals surface area contributed by atoms with E-state index in [4.69, 9.17) is 4.42 Å². The number of allylic oxidation sites excluding steroid dienone is 3. The molecule has 104 valence electrons. The van der Waals surface area contributed by atoms with E-state index in [1.165, 1.54) is 18.9 Å². The Kier molecular flexibility index (Phi) is 6.13. The minimum atomic E-state index is -0.354. The van der Waals surface area contributed by atoms with Gasteiger partial charge in [0.1, 0.15) is 12.0 Å². The van der Waals surface area contributed by atoms with Crippen molar-refractivity contribution in [3.8, 4) is 0 Å². The molecule has 0 amide bonds. The molecule has 3 heteroatoms. The molecule has 0 saturated heterocycles. The monoisotopic (exact) mass is 262 g/mol. The van der Waals surface area contributed by atoms with Crippen LogP contribution in [0.25, 0.3) is 0 Å². The minimum absolute atomic E-state index is 0.354. The zero-order valence-corrected chi connectivity index (χ0v) is 11.9. The van der Waals surface area contributed by atoms with Gasteiger partial charge in [-0.15, -0.1) is 0 Å². The van der Waals surface area contributed by atoms with Crippen molar-refractivity contribution >= 4 is 5.97 Å². The molecule has 0 N–H and O–H groups in total. The molecule has 1 aromatic heterocycles. The average Bonchev–Trinajstić information content (AvgIpc) is 2.85. The summed E-state index contributed by atoms with van der Waals surface area (Å²) in [6.07, 6.45) is 8.45. The van der Waals surface area contributed by atoms with Crippen LogP contribution >= 0.6 is 0 Å². The summed E-state index contributed by atoms with van der Waals surface area (Å²) >= 11 is 0. The first kappa shape index (κ1) is 15.3. The summed E-state index contributed by atoms with van der Waals surface area (Å²) in [5.41, 5.74) is 1.69. The molecule has 1 atom stereocenters. The van der Waals surface area contributed by atoms with E-state index in [2.05, 4.69) is 24.3 Å². The van der Waals surface area contributed by atoms with Gasteiger partial charge in [0.15, 0.2) is 0 Å². The number of ether oxygens (including phenoxy) is 1. The fourth-order valence-electron chi connectivity index (χ4n) is 1.84. The molecule has 0 spiro atoms. The van der Waals surface area contributed by atoms with E-state index in [0.29, 0.717) is 11.5 Å². The van der Waals surface area contributed by atoms with E-state index in [-0.39, 0.29) is 5.97 Å². The summed E-state index contributed by atoms with van der Waals surface area (Å²) in [6, 6.07) is 1.76. The zero-order chi connectivity index (χ0) is 14.3. The normalized spacial score (nSPS) is 13.1. The second kappa shape index (κ2) is 7.62. The largest absolute Gasteiger partial charge is 0.468 e. The van der Waals surface area contributed by atoms with Crippen LogP contribution in [0.1, 0.15) is 42.8 Å². The third-order valence-electron chi connectivity index (χ3n) is 3.07. The van der Waals surface area contributed by atoms with Crippen LogP contribution in [0.4, 0.5) is 0 Å². The minimum Gasteiger partial charge on any atom is -0.468 e. The van der Waals surface area contributed by atoms with Gasteiger partial charge in [-0.05, 0) is 31.7 Å². The van der Waals surface area contributed by atoms with Crippen LogP contribution in [0.3, 0.4) is 0 Å². The smallest absolute Gasteiger partial charge is 0.341 e. The van der Waals surface area contributed by atoms with Crippen LogP contribution < -0.4 is 0 Å². The molecular weight excluding hydrogens is 240 g/mol. The third-order valence-corrected chi connectivity index (χ3v) is 3.07. The Morgan fingerprint density at radius 2 is 2.32 bits per heavy atom. The van der Waals surface area contributed by atoms with Crippen molar-refractivity contribution in [3.05, 3.63) is 48.0 Å². The van der Waals surface area contributed by atoms with E-state index in [1.807, 2.05) is 13.0 Å². The maximum absolute atomic E-state index is 11.3. The first-order valence-corrected chi connectivity index (χ1v) is 6.51. The van der Waals surface area contributed by atoms with Gasteiger partial charge in [0.2, 0.25) is 0 Å². The second-order valence-corrected chi connectivity index (χ2v) is 4.83. The summed E-state index contributed by atoms with van der Waals surface area (Å²) in [5, 5.41) is 0. The van der Waals surface area contributed by atoms with Crippen LogP contribution in [0, 0.1) is 5.92 Å². The van der Waals surface area contributed by atoms with Crippen molar-refractivity contribution in [1.82, 2.24) is 0 Å². The lowest BCUT2D eigenvalue weighted by Gasteiger charge is -2.07. The summed E-state index contributed by atoms with van der Waals surface area (Å²) in [4.78, 5) is 11.3. The quantitative estimate of drug-likeness (QED) is 0.547. The molecule has 1 rings (SSSR count). The van der Waals surface area contributed by atoms with E-state index >= 15 is 0 Å². The highest BCUT2D eigenvalue weighted by Crippen LogP contribution is 2.17. The van der Waals surface area contributed by atoms with Gasteiger partial charge in [0.05, 0.1) is 12.7 Å². The third kappa shape index (κ3) is 5.16. The number of furan rings is 1. The standard InChI is InChI=1S/C16H22O3/c1-5-12(2)7-6-8-13(3)9-15-10-14(11-19-15)16(17)18-4/h5,7,10-11,13H,1,6,8-9H2,2-4H3/b12-7+. The van der Waals surface area contributed by atoms with E-state index in [1.54, 1.807) is 6.07 Å². The number of rotatable bonds is 7. The average molecular weight is 262 g/mol. The maximum Gasteiger partial charge on any atom is 0.341 e. The lowest BCUT2D eigenvalue weighted by molar-refractivity contribution is 0.0600. The first-order chi connectivity index (χ1) is 9.06. The molecule has 3 nitrogen and oxygen atoms in total. The molecule has 0 aliphatic carbocycles. The highest BCUT2D eigenvalue weighted by molar-refractivity contribution is 5.88. The summed E-state index contributed by atoms with van der Waals surface area (Å²) in [5.74, 6) is 0.982. The van der Waals surface area contributed by atoms with Crippen LogP contribution in [-0.4, -0.2) is 13.1 Å². The summed E-state index contributed by atoms with van der Waals surface area (Å²) < 4.78 is 10.0. The number of hydrogen-bond acceptors (Lipinski definition) is 3. The molecule has 0 fully saturated rings. The number of carbonyl (C=O) groups excluding carboxylic acids is 1. The van der Waals surface area contributed by atoms with Crippen molar-refractivity contribution in [2.24, 2.45) is 5.92 Å². The molecule has 0 bridgehead atoms. The van der Waals surface area contributed by atoms with E-state index in [9.17, 15) is 4.79 Å². The fraction of sp³-hybridized carbons (Fsp3) is 0.438. The van der Waals surface area contributed by atoms with Gasteiger partial charge in [-0.1, -0.05) is 31.2 Å². The Labute approximate surface area is 115 Å². The molecule has 0 aromatic carbocycles. The molecule has 0 aliphatic rings. The van der Waals surface area contributed by atoms with Crippen LogP contribution in [0.5, 0.6) is 0 Å². The Hall–Kier alpha value is -1.77. The Balaban J connectivity index is 2.44. The fourth-order valence-corrected chi connectivity index (χ4v) is 1.84. The molecule has 1 heterocycles. The SMILES string of the molecule is C=C/C(C)=C/CCC(C)Cc1cc(C(=O)OC)co1. The molecule has 1 unspecified atom stereocenters. The molecule has 0 saturated carbocycles. The van der Waals surface area contributed by atoms with Gasteiger partial charge in [-0.3, -0.25) is 0 Å². The van der Waals surface area contributed by atoms with Gasteiger partial charge in [-0.2, -0.15) is 0 Å². The zero-order valence-electron chi connectivity index (χ0n) is 11.9. The van der Waals surface area contributed by atoms with Gasteiger partial charge >= 0.3 is 5.97 Å². The maximum atomic E-state index is 11.3. The van der Waals surface area contributed by atoms with Crippen LogP contribution in [0.2, 0.25) is 0 Å². The number of carbonyl (C=O) groups is 1. The molecule has 0 radical (unpaired) electrons.